The van der Waals surface area contributed by atoms with Crippen molar-refractivity contribution >= 4 is 5.91 Å². The highest BCUT2D eigenvalue weighted by atomic mass is 16.3. The number of carbonyl (C=O) groups excluding carboxylic acids is 1. The highest BCUT2D eigenvalue weighted by molar-refractivity contribution is 5.81. The van der Waals surface area contributed by atoms with Crippen molar-refractivity contribution < 1.29 is 9.90 Å². The van der Waals surface area contributed by atoms with Crippen LogP contribution < -0.4 is 5.73 Å². The van der Waals surface area contributed by atoms with Crippen LogP contribution in [0, 0.1) is 0 Å². The molecule has 0 aromatic heterocycles. The van der Waals surface area contributed by atoms with E-state index in [1.807, 2.05) is 20.8 Å². The van der Waals surface area contributed by atoms with Gasteiger partial charge in [-0.15, -0.1) is 0 Å². The second-order valence-corrected chi connectivity index (χ2v) is 3.74. The Kier molecular flexibility index (Phi) is 7.34. The molecule has 0 radical (unpaired) electrons. The van der Waals surface area contributed by atoms with E-state index in [4.69, 9.17) is 10.8 Å². The van der Waals surface area contributed by atoms with Crippen molar-refractivity contribution in [1.82, 2.24) is 4.90 Å². The number of carbonyl (C=O) groups is 1. The van der Waals surface area contributed by atoms with Gasteiger partial charge in [0.25, 0.3) is 0 Å². The summed E-state index contributed by atoms with van der Waals surface area (Å²) in [5.74, 6) is -0.0414. The Hall–Kier alpha value is -0.610. The first kappa shape index (κ1) is 14.4. The van der Waals surface area contributed by atoms with Gasteiger partial charge in [0.2, 0.25) is 5.91 Å². The zero-order valence-electron chi connectivity index (χ0n) is 10.1. The highest BCUT2D eigenvalue weighted by Crippen LogP contribution is 2.10. The normalized spacial score (nSPS) is 12.9. The fraction of sp³-hybridized carbons (Fsp3) is 0.909. The Morgan fingerprint density at radius 3 is 2.13 bits per heavy atom. The molecule has 0 heterocycles. The molecule has 0 aliphatic carbocycles. The molecule has 4 heteroatoms. The average Bonchev–Trinajstić information content (AvgIpc) is 2.27. The average molecular weight is 216 g/mol. The lowest BCUT2D eigenvalue weighted by Crippen LogP contribution is -2.49. The van der Waals surface area contributed by atoms with Crippen molar-refractivity contribution in [1.29, 1.82) is 0 Å². The summed E-state index contributed by atoms with van der Waals surface area (Å²) in [7, 11) is 0. The molecule has 15 heavy (non-hydrogen) atoms. The zero-order chi connectivity index (χ0) is 11.8. The molecule has 0 saturated heterocycles. The number of aliphatic hydroxyl groups is 1. The van der Waals surface area contributed by atoms with Crippen LogP contribution in [-0.2, 0) is 4.79 Å². The third-order valence-corrected chi connectivity index (χ3v) is 2.76. The number of amides is 1. The topological polar surface area (TPSA) is 66.6 Å². The molecule has 1 amide bonds. The van der Waals surface area contributed by atoms with Crippen molar-refractivity contribution in [3.8, 4) is 0 Å². The Balaban J connectivity index is 4.55. The van der Waals surface area contributed by atoms with Gasteiger partial charge in [0.05, 0.1) is 12.6 Å². The van der Waals surface area contributed by atoms with Crippen LogP contribution in [0.5, 0.6) is 0 Å². The third-order valence-electron chi connectivity index (χ3n) is 2.76. The highest BCUT2D eigenvalue weighted by Gasteiger charge is 2.24. The Morgan fingerprint density at radius 1 is 1.27 bits per heavy atom. The summed E-state index contributed by atoms with van der Waals surface area (Å²) in [5.41, 5.74) is 5.72. The van der Waals surface area contributed by atoms with Gasteiger partial charge in [-0.2, -0.15) is 0 Å². The number of rotatable bonds is 7. The SMILES string of the molecule is CCC(CC)N(CCO)C(=O)[C@H](N)CC. The molecule has 0 aromatic rings. The zero-order valence-corrected chi connectivity index (χ0v) is 10.1. The second-order valence-electron chi connectivity index (χ2n) is 3.74. The van der Waals surface area contributed by atoms with E-state index in [-0.39, 0.29) is 18.6 Å². The minimum absolute atomic E-state index is 0.00132. The summed E-state index contributed by atoms with van der Waals surface area (Å²) in [6, 6.07) is -0.237. The van der Waals surface area contributed by atoms with E-state index in [1.165, 1.54) is 0 Å². The Morgan fingerprint density at radius 2 is 1.80 bits per heavy atom. The van der Waals surface area contributed by atoms with E-state index in [0.717, 1.165) is 12.8 Å². The largest absolute Gasteiger partial charge is 0.395 e. The lowest BCUT2D eigenvalue weighted by atomic mass is 10.1. The van der Waals surface area contributed by atoms with E-state index >= 15 is 0 Å². The van der Waals surface area contributed by atoms with Gasteiger partial charge < -0.3 is 15.7 Å². The van der Waals surface area contributed by atoms with Crippen LogP contribution >= 0.6 is 0 Å². The molecule has 3 N–H and O–H groups in total. The summed E-state index contributed by atoms with van der Waals surface area (Å²) in [6.07, 6.45) is 2.44. The predicted octanol–water partition coefficient (Wildman–Crippen LogP) is 0.733. The minimum atomic E-state index is -0.433. The fourth-order valence-electron chi connectivity index (χ4n) is 1.70. The van der Waals surface area contributed by atoms with Crippen molar-refractivity contribution in [3.63, 3.8) is 0 Å². The summed E-state index contributed by atoms with van der Waals surface area (Å²) in [6.45, 7) is 6.37. The Bertz CT molecular complexity index is 181. The molecule has 0 aliphatic rings. The monoisotopic (exact) mass is 216 g/mol. The summed E-state index contributed by atoms with van der Waals surface area (Å²) in [5, 5.41) is 8.95. The molecule has 0 aliphatic heterocycles. The third kappa shape index (κ3) is 4.18. The molecule has 90 valence electrons. The quantitative estimate of drug-likeness (QED) is 0.659. The van der Waals surface area contributed by atoms with Crippen molar-refractivity contribution in [2.75, 3.05) is 13.2 Å². The van der Waals surface area contributed by atoms with Crippen molar-refractivity contribution in [2.45, 2.75) is 52.1 Å². The number of nitrogens with zero attached hydrogens (tertiary/aromatic N) is 1. The second kappa shape index (κ2) is 7.65. The molecule has 0 fully saturated rings. The van der Waals surface area contributed by atoms with Crippen LogP contribution in [-0.4, -0.2) is 41.1 Å². The fourth-order valence-corrected chi connectivity index (χ4v) is 1.70. The maximum atomic E-state index is 11.9. The maximum absolute atomic E-state index is 11.9. The van der Waals surface area contributed by atoms with Crippen LogP contribution in [0.4, 0.5) is 0 Å². The molecule has 0 spiro atoms. The molecular formula is C11H24N2O2. The molecule has 0 bridgehead atoms. The lowest BCUT2D eigenvalue weighted by Gasteiger charge is -2.31. The summed E-state index contributed by atoms with van der Waals surface area (Å²) >= 11 is 0. The van der Waals surface area contributed by atoms with E-state index in [9.17, 15) is 4.79 Å². The number of nitrogens with two attached hydrogens (primary N) is 1. The van der Waals surface area contributed by atoms with Gasteiger partial charge in [0.1, 0.15) is 0 Å². The lowest BCUT2D eigenvalue weighted by molar-refractivity contribution is -0.135. The molecule has 0 saturated carbocycles. The molecular weight excluding hydrogens is 192 g/mol. The van der Waals surface area contributed by atoms with Gasteiger partial charge in [-0.25, -0.2) is 0 Å². The van der Waals surface area contributed by atoms with Crippen LogP contribution in [0.3, 0.4) is 0 Å². The molecule has 0 rings (SSSR count). The van der Waals surface area contributed by atoms with Gasteiger partial charge in [-0.05, 0) is 19.3 Å². The maximum Gasteiger partial charge on any atom is 0.239 e. The van der Waals surface area contributed by atoms with Gasteiger partial charge in [0.15, 0.2) is 0 Å². The Labute approximate surface area is 92.4 Å². The first-order valence-corrected chi connectivity index (χ1v) is 5.79. The van der Waals surface area contributed by atoms with Gasteiger partial charge in [-0.1, -0.05) is 20.8 Å². The standard InChI is InChI=1S/C11H24N2O2/c1-4-9(5-2)13(7-8-14)11(15)10(12)6-3/h9-10,14H,4-8,12H2,1-3H3/t10-/m1/s1. The van der Waals surface area contributed by atoms with Crippen LogP contribution in [0.25, 0.3) is 0 Å². The van der Waals surface area contributed by atoms with E-state index in [1.54, 1.807) is 4.90 Å². The van der Waals surface area contributed by atoms with Crippen LogP contribution in [0.1, 0.15) is 40.0 Å². The predicted molar refractivity (Wildman–Crippen MR) is 61.4 cm³/mol. The van der Waals surface area contributed by atoms with Crippen LogP contribution in [0.15, 0.2) is 0 Å². The summed E-state index contributed by atoms with van der Waals surface area (Å²) in [4.78, 5) is 13.6. The van der Waals surface area contributed by atoms with Crippen LogP contribution in [0.2, 0.25) is 0 Å². The first-order chi connectivity index (χ1) is 7.12. The number of aliphatic hydroxyl groups excluding tert-OH is 1. The summed E-state index contributed by atoms with van der Waals surface area (Å²) < 4.78 is 0. The van der Waals surface area contributed by atoms with E-state index in [0.29, 0.717) is 13.0 Å². The van der Waals surface area contributed by atoms with Gasteiger partial charge in [-0.3, -0.25) is 4.79 Å². The van der Waals surface area contributed by atoms with E-state index in [2.05, 4.69) is 0 Å². The van der Waals surface area contributed by atoms with Crippen molar-refractivity contribution in [2.24, 2.45) is 5.73 Å². The molecule has 0 unspecified atom stereocenters. The van der Waals surface area contributed by atoms with Crippen molar-refractivity contribution in [3.05, 3.63) is 0 Å². The minimum Gasteiger partial charge on any atom is -0.395 e. The number of hydrogen-bond donors (Lipinski definition) is 2. The first-order valence-electron chi connectivity index (χ1n) is 5.79. The molecule has 1 atom stereocenters. The number of hydrogen-bond acceptors (Lipinski definition) is 3. The van der Waals surface area contributed by atoms with Gasteiger partial charge in [0, 0.05) is 12.6 Å². The molecule has 4 nitrogen and oxygen atoms in total. The smallest absolute Gasteiger partial charge is 0.239 e. The van der Waals surface area contributed by atoms with E-state index < -0.39 is 6.04 Å². The molecule has 0 aromatic carbocycles. The van der Waals surface area contributed by atoms with Gasteiger partial charge >= 0.3 is 0 Å².